The normalized spacial score (nSPS) is 22.3. The first-order valence-electron chi connectivity index (χ1n) is 8.47. The molecule has 0 amide bonds. The summed E-state index contributed by atoms with van der Waals surface area (Å²) in [5.74, 6) is 2.77. The number of ether oxygens (including phenoxy) is 1. The molecule has 5 heteroatoms. The van der Waals surface area contributed by atoms with Crippen molar-refractivity contribution in [2.24, 2.45) is 5.73 Å². The summed E-state index contributed by atoms with van der Waals surface area (Å²) in [5.41, 5.74) is 8.71. The highest BCUT2D eigenvalue weighted by molar-refractivity contribution is 5.39. The van der Waals surface area contributed by atoms with E-state index in [1.54, 1.807) is 7.11 Å². The largest absolute Gasteiger partial charge is 0.497 e. The highest BCUT2D eigenvalue weighted by Gasteiger charge is 2.39. The van der Waals surface area contributed by atoms with E-state index in [9.17, 15) is 0 Å². The first kappa shape index (κ1) is 14.7. The highest BCUT2D eigenvalue weighted by atomic mass is 16.5. The maximum absolute atomic E-state index is 6.28. The Labute approximate surface area is 136 Å². The molecule has 23 heavy (non-hydrogen) atoms. The fourth-order valence-electron chi connectivity index (χ4n) is 3.76. The van der Waals surface area contributed by atoms with Crippen molar-refractivity contribution in [3.05, 3.63) is 41.0 Å². The molecular weight excluding hydrogens is 290 g/mol. The molecule has 1 saturated carbocycles. The molecule has 0 aliphatic heterocycles. The molecule has 0 spiro atoms. The van der Waals surface area contributed by atoms with Crippen molar-refractivity contribution in [1.29, 1.82) is 0 Å². The van der Waals surface area contributed by atoms with Gasteiger partial charge in [0.05, 0.1) is 12.6 Å². The van der Waals surface area contributed by atoms with Gasteiger partial charge in [0.1, 0.15) is 5.75 Å². The van der Waals surface area contributed by atoms with Crippen LogP contribution in [0.3, 0.4) is 0 Å². The summed E-state index contributed by atoms with van der Waals surface area (Å²) in [6.45, 7) is 0. The van der Waals surface area contributed by atoms with E-state index in [1.807, 2.05) is 6.07 Å². The van der Waals surface area contributed by atoms with E-state index in [4.69, 9.17) is 15.0 Å². The van der Waals surface area contributed by atoms with E-state index in [0.29, 0.717) is 17.6 Å². The molecule has 1 aromatic heterocycles. The first-order chi connectivity index (χ1) is 11.2. The zero-order chi connectivity index (χ0) is 15.9. The van der Waals surface area contributed by atoms with Crippen LogP contribution in [0.5, 0.6) is 5.75 Å². The van der Waals surface area contributed by atoms with Gasteiger partial charge in [0.25, 0.3) is 0 Å². The van der Waals surface area contributed by atoms with Crippen molar-refractivity contribution in [1.82, 2.24) is 10.1 Å². The number of aromatic nitrogens is 2. The fraction of sp³-hybridized carbons (Fsp3) is 0.556. The van der Waals surface area contributed by atoms with Crippen molar-refractivity contribution in [2.75, 3.05) is 7.11 Å². The number of aryl methyl sites for hydroxylation is 1. The summed E-state index contributed by atoms with van der Waals surface area (Å²) in [5, 5.41) is 4.13. The van der Waals surface area contributed by atoms with Crippen LogP contribution in [0.2, 0.25) is 0 Å². The second-order valence-electron chi connectivity index (χ2n) is 6.88. The Balaban J connectivity index is 1.54. The van der Waals surface area contributed by atoms with Crippen LogP contribution in [-0.4, -0.2) is 17.3 Å². The lowest BCUT2D eigenvalue weighted by Gasteiger charge is -2.34. The number of benzene rings is 1. The van der Waals surface area contributed by atoms with Gasteiger partial charge in [-0.25, -0.2) is 0 Å². The average molecular weight is 313 g/mol. The lowest BCUT2D eigenvalue weighted by molar-refractivity contribution is 0.228. The Hall–Kier alpha value is -1.88. The molecule has 2 aliphatic carbocycles. The second kappa shape index (κ2) is 5.64. The third kappa shape index (κ3) is 2.63. The molecule has 1 aromatic carbocycles. The molecule has 2 aromatic rings. The Kier molecular flexibility index (Phi) is 3.60. The summed E-state index contributed by atoms with van der Waals surface area (Å²) in [6, 6.07) is 6.38. The predicted molar refractivity (Wildman–Crippen MR) is 86.4 cm³/mol. The number of nitrogens with two attached hydrogens (primary N) is 1. The molecule has 0 radical (unpaired) electrons. The van der Waals surface area contributed by atoms with Crippen molar-refractivity contribution >= 4 is 0 Å². The summed E-state index contributed by atoms with van der Waals surface area (Å²) in [7, 11) is 1.71. The Morgan fingerprint density at radius 3 is 2.96 bits per heavy atom. The fourth-order valence-corrected chi connectivity index (χ4v) is 3.76. The molecule has 0 saturated heterocycles. The van der Waals surface area contributed by atoms with Crippen molar-refractivity contribution in [3.8, 4) is 5.75 Å². The van der Waals surface area contributed by atoms with Crippen LogP contribution in [0.15, 0.2) is 22.7 Å². The van der Waals surface area contributed by atoms with Crippen molar-refractivity contribution in [3.63, 3.8) is 0 Å². The average Bonchev–Trinajstić information content (AvgIpc) is 3.01. The summed E-state index contributed by atoms with van der Waals surface area (Å²) >= 11 is 0. The van der Waals surface area contributed by atoms with E-state index in [-0.39, 0.29) is 5.54 Å². The van der Waals surface area contributed by atoms with E-state index in [2.05, 4.69) is 22.3 Å². The lowest BCUT2D eigenvalue weighted by atomic mass is 9.77. The van der Waals surface area contributed by atoms with Gasteiger partial charge in [0, 0.05) is 6.42 Å². The van der Waals surface area contributed by atoms with E-state index < -0.39 is 0 Å². The van der Waals surface area contributed by atoms with Gasteiger partial charge >= 0.3 is 0 Å². The third-order valence-electron chi connectivity index (χ3n) is 5.37. The molecule has 1 unspecified atom stereocenters. The zero-order valence-corrected chi connectivity index (χ0v) is 13.5. The predicted octanol–water partition coefficient (Wildman–Crippen LogP) is 3.08. The second-order valence-corrected chi connectivity index (χ2v) is 6.88. The van der Waals surface area contributed by atoms with Gasteiger partial charge in [-0.15, -0.1) is 0 Å². The standard InChI is InChI=1S/C18H23N3O2/c1-22-14-6-7-15-12(10-14)4-2-5-13(15)11-16-20-17(21-23-16)18(19)8-3-9-18/h6-7,10,13H,2-5,8-9,11,19H2,1H3. The van der Waals surface area contributed by atoms with Crippen LogP contribution in [-0.2, 0) is 18.4 Å². The molecule has 2 N–H and O–H groups in total. The topological polar surface area (TPSA) is 74.2 Å². The van der Waals surface area contributed by atoms with E-state index in [1.165, 1.54) is 17.5 Å². The quantitative estimate of drug-likeness (QED) is 0.939. The summed E-state index contributed by atoms with van der Waals surface area (Å²) < 4.78 is 10.8. The number of nitrogens with zero attached hydrogens (tertiary/aromatic N) is 2. The molecule has 1 atom stereocenters. The summed E-state index contributed by atoms with van der Waals surface area (Å²) in [6.07, 6.45) is 7.32. The number of hydrogen-bond donors (Lipinski definition) is 1. The molecule has 5 nitrogen and oxygen atoms in total. The maximum Gasteiger partial charge on any atom is 0.227 e. The minimum absolute atomic E-state index is 0.348. The molecule has 2 aliphatic rings. The monoisotopic (exact) mass is 313 g/mol. The Bertz CT molecular complexity index is 706. The Morgan fingerprint density at radius 1 is 1.35 bits per heavy atom. The lowest BCUT2D eigenvalue weighted by Crippen LogP contribution is -2.44. The minimum Gasteiger partial charge on any atom is -0.497 e. The van der Waals surface area contributed by atoms with Crippen molar-refractivity contribution in [2.45, 2.75) is 56.4 Å². The molecular formula is C18H23N3O2. The minimum atomic E-state index is -0.348. The number of rotatable bonds is 4. The number of fused-ring (bicyclic) bond motifs is 1. The van der Waals surface area contributed by atoms with Gasteiger partial charge in [0.15, 0.2) is 5.82 Å². The van der Waals surface area contributed by atoms with E-state index >= 15 is 0 Å². The first-order valence-corrected chi connectivity index (χ1v) is 8.47. The maximum atomic E-state index is 6.28. The van der Waals surface area contributed by atoms with Crippen LogP contribution >= 0.6 is 0 Å². The van der Waals surface area contributed by atoms with Gasteiger partial charge in [-0.3, -0.25) is 0 Å². The number of hydrogen-bond acceptors (Lipinski definition) is 5. The number of methoxy groups -OCH3 is 1. The highest BCUT2D eigenvalue weighted by Crippen LogP contribution is 2.38. The third-order valence-corrected chi connectivity index (χ3v) is 5.37. The molecule has 1 fully saturated rings. The van der Waals surface area contributed by atoms with Gasteiger partial charge in [-0.05, 0) is 67.7 Å². The smallest absolute Gasteiger partial charge is 0.227 e. The van der Waals surface area contributed by atoms with Gasteiger partial charge in [0.2, 0.25) is 5.89 Å². The SMILES string of the molecule is COc1ccc2c(c1)CCCC2Cc1nc(C2(N)CCC2)no1. The van der Waals surface area contributed by atoms with Crippen molar-refractivity contribution < 1.29 is 9.26 Å². The van der Waals surface area contributed by atoms with Gasteiger partial charge in [-0.2, -0.15) is 4.98 Å². The molecule has 1 heterocycles. The Morgan fingerprint density at radius 2 is 2.22 bits per heavy atom. The van der Waals surface area contributed by atoms with Crippen LogP contribution in [0.25, 0.3) is 0 Å². The van der Waals surface area contributed by atoms with Gasteiger partial charge < -0.3 is 15.0 Å². The van der Waals surface area contributed by atoms with Crippen LogP contribution < -0.4 is 10.5 Å². The molecule has 122 valence electrons. The van der Waals surface area contributed by atoms with E-state index in [0.717, 1.165) is 44.3 Å². The van der Waals surface area contributed by atoms with Crippen LogP contribution in [0.4, 0.5) is 0 Å². The van der Waals surface area contributed by atoms with Crippen LogP contribution in [0.1, 0.15) is 60.9 Å². The van der Waals surface area contributed by atoms with Gasteiger partial charge in [-0.1, -0.05) is 11.2 Å². The zero-order valence-electron chi connectivity index (χ0n) is 13.5. The van der Waals surface area contributed by atoms with Crippen LogP contribution in [0, 0.1) is 0 Å². The summed E-state index contributed by atoms with van der Waals surface area (Å²) in [4.78, 5) is 4.58. The molecule has 4 rings (SSSR count). The molecule has 0 bridgehead atoms.